The second-order valence-electron chi connectivity index (χ2n) is 8.15. The molecule has 0 saturated carbocycles. The minimum absolute atomic E-state index is 0.142. The van der Waals surface area contributed by atoms with Gasteiger partial charge in [-0.05, 0) is 13.0 Å². The molecule has 1 aromatic carbocycles. The number of benzene rings is 1. The maximum Gasteiger partial charge on any atom is 0.417 e. The fourth-order valence-corrected chi connectivity index (χ4v) is 4.23. The van der Waals surface area contributed by atoms with Crippen LogP contribution in [0.15, 0.2) is 12.1 Å². The Morgan fingerprint density at radius 3 is 2.45 bits per heavy atom. The molecule has 3 rings (SSSR count). The van der Waals surface area contributed by atoms with Crippen molar-refractivity contribution in [3.8, 4) is 5.75 Å². The van der Waals surface area contributed by atoms with Crippen molar-refractivity contribution in [1.29, 1.82) is 0 Å². The van der Waals surface area contributed by atoms with Crippen LogP contribution in [0.2, 0.25) is 0 Å². The summed E-state index contributed by atoms with van der Waals surface area (Å²) in [5.74, 6) is -7.36. The summed E-state index contributed by atoms with van der Waals surface area (Å²) in [6.45, 7) is 2.88. The lowest BCUT2D eigenvalue weighted by atomic mass is 9.77. The summed E-state index contributed by atoms with van der Waals surface area (Å²) < 4.78 is 85.1. The summed E-state index contributed by atoms with van der Waals surface area (Å²) in [6.07, 6.45) is -6.60. The largest absolute Gasteiger partial charge is 0.493 e. The van der Waals surface area contributed by atoms with E-state index in [4.69, 9.17) is 14.2 Å². The molecule has 7 nitrogen and oxygen atoms in total. The molecule has 12 heteroatoms. The van der Waals surface area contributed by atoms with Gasteiger partial charge in [-0.15, -0.1) is 0 Å². The number of halogens is 5. The molecule has 2 aliphatic rings. The van der Waals surface area contributed by atoms with Crippen LogP contribution in [-0.4, -0.2) is 74.6 Å². The van der Waals surface area contributed by atoms with Gasteiger partial charge >= 0.3 is 6.18 Å². The van der Waals surface area contributed by atoms with E-state index < -0.39 is 65.5 Å². The van der Waals surface area contributed by atoms with Crippen LogP contribution >= 0.6 is 0 Å². The average molecular weight is 480 g/mol. The summed E-state index contributed by atoms with van der Waals surface area (Å²) in [6, 6.07) is 1.82. The quantitative estimate of drug-likeness (QED) is 0.655. The van der Waals surface area contributed by atoms with Crippen LogP contribution in [-0.2, 0) is 19.1 Å². The molecule has 184 valence electrons. The van der Waals surface area contributed by atoms with Gasteiger partial charge in [0.25, 0.3) is 0 Å². The maximum absolute atomic E-state index is 14.3. The minimum atomic E-state index is -4.87. The fourth-order valence-electron chi connectivity index (χ4n) is 4.23. The van der Waals surface area contributed by atoms with Crippen molar-refractivity contribution < 1.29 is 45.8 Å². The lowest BCUT2D eigenvalue weighted by Gasteiger charge is -2.32. The number of carbonyl (C=O) groups excluding carboxylic acids is 2. The Morgan fingerprint density at radius 2 is 1.88 bits per heavy atom. The summed E-state index contributed by atoms with van der Waals surface area (Å²) in [4.78, 5) is 26.7. The number of carbonyl (C=O) groups is 2. The van der Waals surface area contributed by atoms with Crippen molar-refractivity contribution in [2.45, 2.75) is 37.6 Å². The van der Waals surface area contributed by atoms with Gasteiger partial charge in [-0.3, -0.25) is 9.59 Å². The van der Waals surface area contributed by atoms with Crippen LogP contribution in [0, 0.1) is 17.6 Å². The van der Waals surface area contributed by atoms with E-state index in [1.165, 1.54) is 11.8 Å². The Kier molecular flexibility index (Phi) is 7.18. The number of hydrogen-bond acceptors (Lipinski definition) is 5. The molecule has 0 unspecified atom stereocenters. The fraction of sp³-hybridized carbons (Fsp3) is 0.619. The van der Waals surface area contributed by atoms with Gasteiger partial charge in [0.1, 0.15) is 6.10 Å². The highest BCUT2D eigenvalue weighted by Crippen LogP contribution is 2.54. The van der Waals surface area contributed by atoms with E-state index in [2.05, 4.69) is 5.32 Å². The molecule has 1 N–H and O–H groups in total. The van der Waals surface area contributed by atoms with Crippen LogP contribution in [0.4, 0.5) is 22.0 Å². The van der Waals surface area contributed by atoms with Crippen LogP contribution in [0.1, 0.15) is 25.3 Å². The SMILES string of the molecule is COc1c([C@H]2[C@H](C(=O)NCC(=O)N3CCOCC3)O[C@@](C)(C(F)(F)F)[C@H]2C)ccc(F)c1F. The summed E-state index contributed by atoms with van der Waals surface area (Å²) in [7, 11) is 1.04. The number of hydrogen-bond donors (Lipinski definition) is 1. The molecule has 33 heavy (non-hydrogen) atoms. The number of amides is 2. The number of methoxy groups -OCH3 is 1. The smallest absolute Gasteiger partial charge is 0.417 e. The van der Waals surface area contributed by atoms with Gasteiger partial charge in [0, 0.05) is 30.5 Å². The van der Waals surface area contributed by atoms with E-state index in [9.17, 15) is 31.5 Å². The Labute approximate surface area is 187 Å². The molecule has 2 aliphatic heterocycles. The lowest BCUT2D eigenvalue weighted by molar-refractivity contribution is -0.272. The molecule has 0 bridgehead atoms. The van der Waals surface area contributed by atoms with Crippen LogP contribution in [0.5, 0.6) is 5.75 Å². The zero-order chi connectivity index (χ0) is 24.6. The normalized spacial score (nSPS) is 28.0. The van der Waals surface area contributed by atoms with E-state index >= 15 is 0 Å². The van der Waals surface area contributed by atoms with E-state index in [-0.39, 0.29) is 5.56 Å². The zero-order valence-corrected chi connectivity index (χ0v) is 18.3. The molecule has 4 atom stereocenters. The Hall–Kier alpha value is -2.47. The molecule has 1 aromatic rings. The van der Waals surface area contributed by atoms with E-state index in [1.54, 1.807) is 0 Å². The third-order valence-electron chi connectivity index (χ3n) is 6.35. The van der Waals surface area contributed by atoms with Gasteiger partial charge < -0.3 is 24.4 Å². The minimum Gasteiger partial charge on any atom is -0.493 e. The maximum atomic E-state index is 14.3. The van der Waals surface area contributed by atoms with Crippen LogP contribution < -0.4 is 10.1 Å². The third kappa shape index (κ3) is 4.63. The van der Waals surface area contributed by atoms with Gasteiger partial charge in [-0.25, -0.2) is 4.39 Å². The predicted octanol–water partition coefficient (Wildman–Crippen LogP) is 2.39. The van der Waals surface area contributed by atoms with Crippen LogP contribution in [0.3, 0.4) is 0 Å². The summed E-state index contributed by atoms with van der Waals surface area (Å²) >= 11 is 0. The van der Waals surface area contributed by atoms with Gasteiger partial charge in [-0.1, -0.05) is 13.0 Å². The van der Waals surface area contributed by atoms with E-state index in [0.717, 1.165) is 26.2 Å². The predicted molar refractivity (Wildman–Crippen MR) is 105 cm³/mol. The van der Waals surface area contributed by atoms with Crippen molar-refractivity contribution in [2.24, 2.45) is 5.92 Å². The molecule has 0 spiro atoms. The van der Waals surface area contributed by atoms with Crippen LogP contribution in [0.25, 0.3) is 0 Å². The van der Waals surface area contributed by atoms with Crippen molar-refractivity contribution in [1.82, 2.24) is 10.2 Å². The molecule has 2 fully saturated rings. The molecule has 0 aromatic heterocycles. The second kappa shape index (κ2) is 9.41. The molecular formula is C21H25F5N2O5. The standard InChI is InChI=1S/C21H25F5N2O5/c1-11-15(12-4-5-13(22)16(23)17(12)31-3)18(33-20(11,2)21(24,25)26)19(30)27-10-14(29)28-6-8-32-9-7-28/h4-5,11,15,18H,6-10H2,1-3H3,(H,27,30)/t11-,15-,18+,20+/m0/s1. The highest BCUT2D eigenvalue weighted by Gasteiger charge is 2.65. The van der Waals surface area contributed by atoms with E-state index in [1.807, 2.05) is 0 Å². The number of morpholine rings is 1. The summed E-state index contributed by atoms with van der Waals surface area (Å²) in [5.41, 5.74) is -2.90. The van der Waals surface area contributed by atoms with Gasteiger partial charge in [-0.2, -0.15) is 17.6 Å². The molecule has 0 radical (unpaired) electrons. The third-order valence-corrected chi connectivity index (χ3v) is 6.35. The molecule has 2 heterocycles. The van der Waals surface area contributed by atoms with Crippen molar-refractivity contribution >= 4 is 11.8 Å². The zero-order valence-electron chi connectivity index (χ0n) is 18.3. The summed E-state index contributed by atoms with van der Waals surface area (Å²) in [5, 5.41) is 2.32. The Morgan fingerprint density at radius 1 is 1.24 bits per heavy atom. The van der Waals surface area contributed by atoms with Gasteiger partial charge in [0.05, 0.1) is 26.9 Å². The second-order valence-corrected chi connectivity index (χ2v) is 8.15. The molecule has 2 saturated heterocycles. The first-order valence-electron chi connectivity index (χ1n) is 10.3. The van der Waals surface area contributed by atoms with Crippen molar-refractivity contribution in [2.75, 3.05) is 40.0 Å². The topological polar surface area (TPSA) is 77.1 Å². The molecule has 2 amide bonds. The lowest BCUT2D eigenvalue weighted by Crippen LogP contribution is -2.49. The van der Waals surface area contributed by atoms with E-state index in [0.29, 0.717) is 26.3 Å². The molecule has 0 aliphatic carbocycles. The van der Waals surface area contributed by atoms with Gasteiger partial charge in [0.2, 0.25) is 17.6 Å². The number of ether oxygens (including phenoxy) is 3. The highest BCUT2D eigenvalue weighted by atomic mass is 19.4. The van der Waals surface area contributed by atoms with Crippen molar-refractivity contribution in [3.05, 3.63) is 29.3 Å². The monoisotopic (exact) mass is 480 g/mol. The van der Waals surface area contributed by atoms with Gasteiger partial charge in [0.15, 0.2) is 17.2 Å². The highest BCUT2D eigenvalue weighted by molar-refractivity contribution is 5.88. The first-order valence-corrected chi connectivity index (χ1v) is 10.3. The first-order chi connectivity index (χ1) is 15.4. The Balaban J connectivity index is 1.91. The Bertz CT molecular complexity index is 906. The number of nitrogens with one attached hydrogen (secondary N) is 1. The number of rotatable bonds is 5. The number of alkyl halides is 3. The molecular weight excluding hydrogens is 455 g/mol. The average Bonchev–Trinajstić information content (AvgIpc) is 3.06. The number of nitrogens with zero attached hydrogens (tertiary/aromatic N) is 1. The first kappa shape index (κ1) is 25.2. The van der Waals surface area contributed by atoms with Crippen molar-refractivity contribution in [3.63, 3.8) is 0 Å².